The van der Waals surface area contributed by atoms with Crippen LogP contribution in [0, 0.1) is 0 Å². The van der Waals surface area contributed by atoms with Crippen LogP contribution in [0.5, 0.6) is 5.75 Å². The van der Waals surface area contributed by atoms with E-state index in [0.29, 0.717) is 11.0 Å². The number of ether oxygens (including phenoxy) is 1. The van der Waals surface area contributed by atoms with E-state index in [1.165, 1.54) is 0 Å². The number of aryl methyl sites for hydroxylation is 1. The van der Waals surface area contributed by atoms with Crippen LogP contribution in [0.2, 0.25) is 0 Å². The number of carbonyl (C=O) groups excluding carboxylic acids is 1. The van der Waals surface area contributed by atoms with Gasteiger partial charge >= 0.3 is 5.97 Å². The molecule has 0 radical (unpaired) electrons. The Kier molecular flexibility index (Phi) is 3.52. The number of hydrogen-bond acceptors (Lipinski definition) is 4. The predicted octanol–water partition coefficient (Wildman–Crippen LogP) is 0.617. The number of pyridine rings is 1. The van der Waals surface area contributed by atoms with E-state index < -0.39 is 11.5 Å². The Morgan fingerprint density at radius 3 is 2.75 bits per heavy atom. The number of rotatable bonds is 3. The molecule has 0 saturated carbocycles. The monoisotopic (exact) mass is 280 g/mol. The van der Waals surface area contributed by atoms with Crippen molar-refractivity contribution in [1.82, 2.24) is 9.67 Å². The molecular formula is C13H18N3O4+. The summed E-state index contributed by atoms with van der Waals surface area (Å²) in [6.07, 6.45) is 1.66. The van der Waals surface area contributed by atoms with E-state index in [1.54, 1.807) is 24.9 Å². The van der Waals surface area contributed by atoms with Crippen molar-refractivity contribution < 1.29 is 19.3 Å². The van der Waals surface area contributed by atoms with Crippen LogP contribution in [-0.2, 0) is 11.8 Å². The van der Waals surface area contributed by atoms with E-state index in [4.69, 9.17) is 4.74 Å². The van der Waals surface area contributed by atoms with Crippen molar-refractivity contribution in [2.45, 2.75) is 26.8 Å². The molecule has 0 unspecified atom stereocenters. The number of carbonyl (C=O) groups is 1. The number of esters is 1. The van der Waals surface area contributed by atoms with Crippen molar-refractivity contribution in [2.75, 3.05) is 6.61 Å². The molecule has 0 atom stereocenters. The molecule has 0 aliphatic heterocycles. The molecule has 20 heavy (non-hydrogen) atoms. The number of nitrogens with one attached hydrogen (secondary N) is 1. The van der Waals surface area contributed by atoms with E-state index in [1.807, 2.05) is 18.5 Å². The first-order valence-corrected chi connectivity index (χ1v) is 6.41. The van der Waals surface area contributed by atoms with Crippen LogP contribution < -0.4 is 10.2 Å². The molecule has 0 spiro atoms. The number of aromatic nitrogens is 3. The molecule has 0 aliphatic rings. The van der Waals surface area contributed by atoms with Crippen molar-refractivity contribution >= 4 is 17.0 Å². The van der Waals surface area contributed by atoms with Crippen LogP contribution in [0.3, 0.4) is 0 Å². The van der Waals surface area contributed by atoms with Gasteiger partial charge < -0.3 is 14.8 Å². The fourth-order valence-corrected chi connectivity index (χ4v) is 2.32. The van der Waals surface area contributed by atoms with E-state index in [2.05, 4.69) is 4.98 Å². The summed E-state index contributed by atoms with van der Waals surface area (Å²) in [5, 5.41) is 10.6. The smallest absolute Gasteiger partial charge is 0.347 e. The third-order valence-corrected chi connectivity index (χ3v) is 3.06. The Morgan fingerprint density at radius 2 is 2.20 bits per heavy atom. The molecule has 2 heterocycles. The second kappa shape index (κ2) is 4.99. The molecule has 0 aliphatic carbocycles. The third-order valence-electron chi connectivity index (χ3n) is 3.06. The standard InChI is InChI=1S/C13H17N3O4/c1-5-20-13(19)9-10(17)8-6-15(4)16(7(2)3)11(8)14-12(9)18/h6-7H,5H2,1-4H3,(H,17,18,19)/p+1. The molecule has 2 aromatic rings. The minimum absolute atomic E-state index is 0.0843. The van der Waals surface area contributed by atoms with Crippen LogP contribution in [0.15, 0.2) is 11.0 Å². The molecule has 7 nitrogen and oxygen atoms in total. The maximum absolute atomic E-state index is 12.0. The molecule has 2 N–H and O–H groups in total. The zero-order valence-corrected chi connectivity index (χ0v) is 11.9. The van der Waals surface area contributed by atoms with Crippen molar-refractivity contribution in [1.29, 1.82) is 0 Å². The van der Waals surface area contributed by atoms with Gasteiger partial charge in [0.05, 0.1) is 12.6 Å². The molecule has 0 aromatic carbocycles. The molecule has 108 valence electrons. The molecule has 0 fully saturated rings. The summed E-state index contributed by atoms with van der Waals surface area (Å²) in [6.45, 7) is 5.68. The Labute approximate surface area is 115 Å². The van der Waals surface area contributed by atoms with Gasteiger partial charge in [0.2, 0.25) is 6.20 Å². The summed E-state index contributed by atoms with van der Waals surface area (Å²) < 4.78 is 8.35. The minimum Gasteiger partial charge on any atom is -0.506 e. The average Bonchev–Trinajstić information content (AvgIpc) is 2.66. The van der Waals surface area contributed by atoms with Gasteiger partial charge in [0.15, 0.2) is 24.0 Å². The lowest BCUT2D eigenvalue weighted by atomic mass is 10.2. The highest BCUT2D eigenvalue weighted by atomic mass is 16.5. The van der Waals surface area contributed by atoms with Gasteiger partial charge in [-0.25, -0.2) is 4.79 Å². The summed E-state index contributed by atoms with van der Waals surface area (Å²) in [6, 6.07) is 0.0843. The Balaban J connectivity index is 2.78. The maximum atomic E-state index is 12.0. The van der Waals surface area contributed by atoms with Crippen LogP contribution in [-0.4, -0.2) is 27.3 Å². The summed E-state index contributed by atoms with van der Waals surface area (Å²) in [5.41, 5.74) is -0.548. The van der Waals surface area contributed by atoms with Crippen molar-refractivity contribution in [3.8, 4) is 5.75 Å². The lowest BCUT2D eigenvalue weighted by molar-refractivity contribution is -0.753. The lowest BCUT2D eigenvalue weighted by Crippen LogP contribution is -2.39. The second-order valence-corrected chi connectivity index (χ2v) is 4.80. The first-order valence-electron chi connectivity index (χ1n) is 6.41. The Morgan fingerprint density at radius 1 is 1.55 bits per heavy atom. The fourth-order valence-electron chi connectivity index (χ4n) is 2.32. The van der Waals surface area contributed by atoms with E-state index in [9.17, 15) is 14.7 Å². The van der Waals surface area contributed by atoms with Crippen LogP contribution in [0.1, 0.15) is 37.2 Å². The van der Waals surface area contributed by atoms with Crippen molar-refractivity contribution in [3.63, 3.8) is 0 Å². The topological polar surface area (TPSA) is 88.2 Å². The number of H-pyrrole nitrogens is 1. The Hall–Kier alpha value is -2.31. The van der Waals surface area contributed by atoms with E-state index in [0.717, 1.165) is 0 Å². The van der Waals surface area contributed by atoms with Gasteiger partial charge in [-0.1, -0.05) is 0 Å². The number of aromatic hydroxyl groups is 1. The predicted molar refractivity (Wildman–Crippen MR) is 71.7 cm³/mol. The van der Waals surface area contributed by atoms with Crippen LogP contribution in [0.4, 0.5) is 0 Å². The van der Waals surface area contributed by atoms with Gasteiger partial charge in [-0.05, 0) is 20.8 Å². The summed E-state index contributed by atoms with van der Waals surface area (Å²) in [5.74, 6) is -1.18. The fraction of sp³-hybridized carbons (Fsp3) is 0.462. The highest BCUT2D eigenvalue weighted by molar-refractivity contribution is 5.98. The van der Waals surface area contributed by atoms with E-state index in [-0.39, 0.29) is 24.0 Å². The molecule has 0 amide bonds. The Bertz CT molecular complexity index is 727. The van der Waals surface area contributed by atoms with Gasteiger partial charge in [-0.15, -0.1) is 9.36 Å². The first kappa shape index (κ1) is 14.1. The SMILES string of the molecule is CCOC(=O)c1c(O)c2c[n+](C)n(C(C)C)c2[nH]c1=O. The first-order chi connectivity index (χ1) is 9.38. The number of nitrogens with zero attached hydrogens (tertiary/aromatic N) is 2. The zero-order chi connectivity index (χ0) is 15.0. The van der Waals surface area contributed by atoms with Crippen LogP contribution in [0.25, 0.3) is 11.0 Å². The maximum Gasteiger partial charge on any atom is 0.347 e. The van der Waals surface area contributed by atoms with Gasteiger partial charge in [0, 0.05) is 0 Å². The quantitative estimate of drug-likeness (QED) is 0.637. The average molecular weight is 280 g/mol. The van der Waals surface area contributed by atoms with Gasteiger partial charge in [-0.3, -0.25) is 4.79 Å². The lowest BCUT2D eigenvalue weighted by Gasteiger charge is -2.06. The summed E-state index contributed by atoms with van der Waals surface area (Å²) >= 11 is 0. The molecule has 0 saturated heterocycles. The molecule has 0 bridgehead atoms. The third kappa shape index (κ3) is 2.04. The van der Waals surface area contributed by atoms with Gasteiger partial charge in [-0.2, -0.15) is 0 Å². The zero-order valence-electron chi connectivity index (χ0n) is 11.9. The largest absolute Gasteiger partial charge is 0.506 e. The number of hydrogen-bond donors (Lipinski definition) is 2. The van der Waals surface area contributed by atoms with Crippen molar-refractivity contribution in [2.24, 2.45) is 7.05 Å². The highest BCUT2D eigenvalue weighted by Gasteiger charge is 2.26. The van der Waals surface area contributed by atoms with E-state index >= 15 is 0 Å². The second-order valence-electron chi connectivity index (χ2n) is 4.80. The minimum atomic E-state index is -0.826. The summed E-state index contributed by atoms with van der Waals surface area (Å²) in [4.78, 5) is 26.4. The van der Waals surface area contributed by atoms with Crippen LogP contribution >= 0.6 is 0 Å². The molecule has 2 rings (SSSR count). The normalized spacial score (nSPS) is 11.2. The van der Waals surface area contributed by atoms with Gasteiger partial charge in [0.1, 0.15) is 5.39 Å². The summed E-state index contributed by atoms with van der Waals surface area (Å²) in [7, 11) is 1.79. The molecular weight excluding hydrogens is 262 g/mol. The van der Waals surface area contributed by atoms with Gasteiger partial charge in [0.25, 0.3) is 5.56 Å². The highest BCUT2D eigenvalue weighted by Crippen LogP contribution is 2.25. The number of fused-ring (bicyclic) bond motifs is 1. The van der Waals surface area contributed by atoms with Crippen molar-refractivity contribution in [3.05, 3.63) is 22.1 Å². The number of aromatic amines is 1. The molecule has 7 heteroatoms. The molecule has 2 aromatic heterocycles.